The van der Waals surface area contributed by atoms with Crippen LogP contribution >= 0.6 is 11.8 Å². The molecule has 1 aliphatic rings. The molecule has 0 aromatic carbocycles. The predicted octanol–water partition coefficient (Wildman–Crippen LogP) is 5.22. The van der Waals surface area contributed by atoms with Gasteiger partial charge in [0.1, 0.15) is 5.82 Å². The molecule has 5 nitrogen and oxygen atoms in total. The number of carbonyl (C=O) groups is 1. The number of hydrogen-bond acceptors (Lipinski definition) is 4. The predicted molar refractivity (Wildman–Crippen MR) is 115 cm³/mol. The number of thioether (sulfide) groups is 1. The Bertz CT molecular complexity index is 875. The van der Waals surface area contributed by atoms with Gasteiger partial charge in [0, 0.05) is 36.5 Å². The van der Waals surface area contributed by atoms with Crippen LogP contribution in [0.15, 0.2) is 22.9 Å². The number of hydrogen-bond donors (Lipinski definition) is 0. The van der Waals surface area contributed by atoms with Crippen molar-refractivity contribution in [3.63, 3.8) is 0 Å². The molecule has 0 amide bonds. The summed E-state index contributed by atoms with van der Waals surface area (Å²) < 4.78 is 4.29. The van der Waals surface area contributed by atoms with Crippen LogP contribution in [0.25, 0.3) is 0 Å². The fraction of sp³-hybridized carbons (Fsp3) is 0.591. The number of carbonyl (C=O) groups excluding carboxylic acids is 1. The first-order valence-electron chi connectivity index (χ1n) is 10.3. The van der Waals surface area contributed by atoms with Crippen molar-refractivity contribution in [2.24, 2.45) is 7.05 Å². The van der Waals surface area contributed by atoms with Gasteiger partial charge in [-0.15, -0.1) is 10.2 Å². The Labute approximate surface area is 172 Å². The lowest BCUT2D eigenvalue weighted by atomic mass is 9.97. The van der Waals surface area contributed by atoms with Crippen molar-refractivity contribution < 1.29 is 4.79 Å². The first-order chi connectivity index (χ1) is 13.4. The molecule has 3 rings (SSSR count). The van der Waals surface area contributed by atoms with Gasteiger partial charge in [-0.3, -0.25) is 4.79 Å². The monoisotopic (exact) mass is 400 g/mol. The second-order valence-electron chi connectivity index (χ2n) is 8.06. The smallest absolute Gasteiger partial charge is 0.191 e. The number of aryl methyl sites for hydroxylation is 1. The van der Waals surface area contributed by atoms with Gasteiger partial charge in [-0.2, -0.15) is 0 Å². The summed E-state index contributed by atoms with van der Waals surface area (Å²) in [6.45, 7) is 9.33. The molecular weight excluding hydrogens is 368 g/mol. The zero-order valence-electron chi connectivity index (χ0n) is 17.8. The van der Waals surface area contributed by atoms with Crippen molar-refractivity contribution in [3.05, 3.63) is 40.5 Å². The third kappa shape index (κ3) is 4.59. The van der Waals surface area contributed by atoms with E-state index in [1.165, 1.54) is 43.1 Å². The number of aromatic nitrogens is 4. The molecule has 2 heterocycles. The summed E-state index contributed by atoms with van der Waals surface area (Å²) >= 11 is 1.47. The molecule has 2 aromatic rings. The van der Waals surface area contributed by atoms with E-state index in [0.717, 1.165) is 35.2 Å². The van der Waals surface area contributed by atoms with Crippen LogP contribution in [0.1, 0.15) is 79.4 Å². The minimum absolute atomic E-state index is 0.162. The molecule has 0 unspecified atom stereocenters. The molecule has 0 saturated carbocycles. The highest BCUT2D eigenvalue weighted by Gasteiger charge is 2.18. The molecule has 6 heteroatoms. The number of ketones is 1. The maximum absolute atomic E-state index is 12.9. The van der Waals surface area contributed by atoms with Gasteiger partial charge in [-0.25, -0.2) is 0 Å². The third-order valence-corrected chi connectivity index (χ3v) is 6.65. The van der Waals surface area contributed by atoms with Crippen molar-refractivity contribution in [1.82, 2.24) is 19.3 Å². The summed E-state index contributed by atoms with van der Waals surface area (Å²) in [6.07, 6.45) is 8.60. The van der Waals surface area contributed by atoms with Crippen LogP contribution in [0.3, 0.4) is 0 Å². The van der Waals surface area contributed by atoms with Gasteiger partial charge < -0.3 is 9.13 Å². The van der Waals surface area contributed by atoms with Crippen molar-refractivity contribution >= 4 is 17.5 Å². The summed E-state index contributed by atoms with van der Waals surface area (Å²) in [7, 11) is 1.97. The molecule has 0 spiro atoms. The second-order valence-corrected chi connectivity index (χ2v) is 9.00. The largest absolute Gasteiger partial charge is 0.348 e. The molecule has 0 bridgehead atoms. The summed E-state index contributed by atoms with van der Waals surface area (Å²) in [5, 5.41) is 9.28. The maximum atomic E-state index is 12.9. The van der Waals surface area contributed by atoms with Gasteiger partial charge in [0.15, 0.2) is 10.9 Å². The topological polar surface area (TPSA) is 52.7 Å². The van der Waals surface area contributed by atoms with Crippen LogP contribution in [0.4, 0.5) is 0 Å². The summed E-state index contributed by atoms with van der Waals surface area (Å²) in [5.74, 6) is 1.82. The first kappa shape index (κ1) is 20.9. The van der Waals surface area contributed by atoms with Gasteiger partial charge in [0.05, 0.1) is 5.75 Å². The van der Waals surface area contributed by atoms with Gasteiger partial charge in [0.2, 0.25) is 0 Å². The van der Waals surface area contributed by atoms with E-state index in [4.69, 9.17) is 0 Å². The van der Waals surface area contributed by atoms with Gasteiger partial charge in [-0.05, 0) is 52.0 Å². The van der Waals surface area contributed by atoms with E-state index >= 15 is 0 Å². The minimum Gasteiger partial charge on any atom is -0.348 e. The molecule has 2 aromatic heterocycles. The number of allylic oxidation sites excluding steroid dienone is 2. The standard InChI is InChI=1S/C22H32N4OS/c1-15(2)21-23-24-22(25(21)5)28-14-20(27)19-13-16(3)26(17(19)4)12-11-18-9-7-6-8-10-18/h9,13,15H,6-8,10-12,14H2,1-5H3. The summed E-state index contributed by atoms with van der Waals surface area (Å²) in [5.41, 5.74) is 4.67. The Morgan fingerprint density at radius 3 is 2.68 bits per heavy atom. The Kier molecular flexibility index (Phi) is 6.81. The normalized spacial score (nSPS) is 14.6. The van der Waals surface area contributed by atoms with Crippen molar-refractivity contribution in [1.29, 1.82) is 0 Å². The Morgan fingerprint density at radius 1 is 1.25 bits per heavy atom. The lowest BCUT2D eigenvalue weighted by Gasteiger charge is -2.15. The van der Waals surface area contributed by atoms with E-state index in [-0.39, 0.29) is 5.78 Å². The number of rotatable bonds is 8. The summed E-state index contributed by atoms with van der Waals surface area (Å²) in [6, 6.07) is 2.05. The first-order valence-corrected chi connectivity index (χ1v) is 11.3. The van der Waals surface area contributed by atoms with E-state index in [1.54, 1.807) is 5.57 Å². The van der Waals surface area contributed by atoms with E-state index in [1.807, 2.05) is 17.7 Å². The highest BCUT2D eigenvalue weighted by atomic mass is 32.2. The van der Waals surface area contributed by atoms with Crippen molar-refractivity contribution in [2.45, 2.75) is 77.4 Å². The van der Waals surface area contributed by atoms with Crippen LogP contribution in [0.2, 0.25) is 0 Å². The Morgan fingerprint density at radius 2 is 2.04 bits per heavy atom. The number of nitrogens with zero attached hydrogens (tertiary/aromatic N) is 4. The van der Waals surface area contributed by atoms with E-state index in [9.17, 15) is 4.79 Å². The lowest BCUT2D eigenvalue weighted by Crippen LogP contribution is -2.08. The molecule has 152 valence electrons. The van der Waals surface area contributed by atoms with Crippen molar-refractivity contribution in [3.8, 4) is 0 Å². The molecule has 0 N–H and O–H groups in total. The highest BCUT2D eigenvalue weighted by Crippen LogP contribution is 2.25. The van der Waals surface area contributed by atoms with Crippen molar-refractivity contribution in [2.75, 3.05) is 5.75 Å². The summed E-state index contributed by atoms with van der Waals surface area (Å²) in [4.78, 5) is 12.9. The van der Waals surface area contributed by atoms with Crippen LogP contribution < -0.4 is 0 Å². The lowest BCUT2D eigenvalue weighted by molar-refractivity contribution is 0.102. The SMILES string of the molecule is Cc1cc(C(=O)CSc2nnc(C(C)C)n2C)c(C)n1CCC1=CCCCC1. The minimum atomic E-state index is 0.162. The van der Waals surface area contributed by atoms with Crippen LogP contribution in [-0.2, 0) is 13.6 Å². The molecule has 1 aliphatic carbocycles. The van der Waals surface area contributed by atoms with Gasteiger partial charge in [0.25, 0.3) is 0 Å². The van der Waals surface area contributed by atoms with E-state index in [0.29, 0.717) is 11.7 Å². The van der Waals surface area contributed by atoms with E-state index < -0.39 is 0 Å². The molecule has 0 atom stereocenters. The fourth-order valence-electron chi connectivity index (χ4n) is 3.98. The third-order valence-electron chi connectivity index (χ3n) is 5.63. The van der Waals surface area contributed by atoms with Crippen LogP contribution in [0, 0.1) is 13.8 Å². The van der Waals surface area contributed by atoms with Gasteiger partial charge in [-0.1, -0.05) is 37.3 Å². The maximum Gasteiger partial charge on any atom is 0.191 e. The Balaban J connectivity index is 1.64. The molecule has 0 radical (unpaired) electrons. The van der Waals surface area contributed by atoms with Crippen LogP contribution in [-0.4, -0.2) is 30.9 Å². The molecule has 0 saturated heterocycles. The van der Waals surface area contributed by atoms with E-state index in [2.05, 4.69) is 48.5 Å². The average molecular weight is 401 g/mol. The zero-order valence-corrected chi connectivity index (χ0v) is 18.6. The molecule has 0 fully saturated rings. The molecule has 0 aliphatic heterocycles. The molecule has 28 heavy (non-hydrogen) atoms. The Hall–Kier alpha value is -1.82. The second kappa shape index (κ2) is 9.12. The van der Waals surface area contributed by atoms with Gasteiger partial charge >= 0.3 is 0 Å². The fourth-order valence-corrected chi connectivity index (χ4v) is 4.78. The quantitative estimate of drug-likeness (QED) is 0.346. The molecular formula is C22H32N4OS. The average Bonchev–Trinajstić information content (AvgIpc) is 3.18. The zero-order chi connectivity index (χ0) is 20.3. The van der Waals surface area contributed by atoms with Crippen LogP contribution in [0.5, 0.6) is 0 Å². The highest BCUT2D eigenvalue weighted by molar-refractivity contribution is 7.99. The number of Topliss-reactive ketones (excluding diaryl/α,β-unsaturated/α-hetero) is 1.